The Hall–Kier alpha value is -1.09. The maximum absolute atomic E-state index is 6.05. The van der Waals surface area contributed by atoms with Gasteiger partial charge in [-0.15, -0.1) is 0 Å². The molecule has 94 valence electrons. The highest BCUT2D eigenvalue weighted by molar-refractivity contribution is 5.29. The van der Waals surface area contributed by atoms with Gasteiger partial charge in [-0.3, -0.25) is 4.98 Å². The summed E-state index contributed by atoms with van der Waals surface area (Å²) in [5.41, 5.74) is 6.74. The van der Waals surface area contributed by atoms with E-state index in [-0.39, 0.29) is 0 Å². The topological polar surface area (TPSA) is 48.1 Å². The Balaban J connectivity index is 2.01. The lowest BCUT2D eigenvalue weighted by molar-refractivity contribution is 0.0993. The summed E-state index contributed by atoms with van der Waals surface area (Å²) in [5, 5.41) is 0. The van der Waals surface area contributed by atoms with Crippen LogP contribution in [-0.4, -0.2) is 11.1 Å². The molecule has 0 saturated heterocycles. The molecule has 1 aromatic rings. The average Bonchev–Trinajstić information content (AvgIpc) is 2.34. The Morgan fingerprint density at radius 3 is 2.88 bits per heavy atom. The van der Waals surface area contributed by atoms with E-state index in [4.69, 9.17) is 10.5 Å². The smallest absolute Gasteiger partial charge is 0.142 e. The Bertz CT molecular complexity index is 367. The first-order chi connectivity index (χ1) is 8.20. The lowest BCUT2D eigenvalue weighted by atomic mass is 9.80. The molecule has 2 N–H and O–H groups in total. The van der Waals surface area contributed by atoms with Gasteiger partial charge in [0.05, 0.1) is 12.3 Å². The number of nitrogens with zero attached hydrogens (tertiary/aromatic N) is 1. The fraction of sp³-hybridized carbons (Fsp3) is 0.643. The molecule has 3 atom stereocenters. The molecule has 0 aromatic carbocycles. The van der Waals surface area contributed by atoms with E-state index in [0.717, 1.165) is 36.0 Å². The standard InChI is InChI=1S/C14H22N2O/c1-10-3-4-13(7-11(10)2)17-14-9-16-6-5-12(14)8-15/h5-6,9-11,13H,3-4,7-8,15H2,1-2H3. The zero-order valence-electron chi connectivity index (χ0n) is 10.7. The Morgan fingerprint density at radius 2 is 2.18 bits per heavy atom. The Labute approximate surface area is 103 Å². The van der Waals surface area contributed by atoms with Crippen LogP contribution in [0.1, 0.15) is 38.7 Å². The molecule has 1 aliphatic rings. The fourth-order valence-corrected chi connectivity index (χ4v) is 2.47. The van der Waals surface area contributed by atoms with Crippen LogP contribution < -0.4 is 10.5 Å². The van der Waals surface area contributed by atoms with Gasteiger partial charge in [0, 0.05) is 18.3 Å². The summed E-state index contributed by atoms with van der Waals surface area (Å²) in [6, 6.07) is 1.93. The van der Waals surface area contributed by atoms with E-state index in [1.54, 1.807) is 12.4 Å². The first kappa shape index (κ1) is 12.4. The maximum Gasteiger partial charge on any atom is 0.142 e. The van der Waals surface area contributed by atoms with Gasteiger partial charge in [0.15, 0.2) is 0 Å². The van der Waals surface area contributed by atoms with Gasteiger partial charge >= 0.3 is 0 Å². The molecule has 0 amide bonds. The molecule has 0 spiro atoms. The van der Waals surface area contributed by atoms with Crippen LogP contribution >= 0.6 is 0 Å². The quantitative estimate of drug-likeness (QED) is 0.874. The molecule has 1 aliphatic carbocycles. The molecule has 0 radical (unpaired) electrons. The maximum atomic E-state index is 6.05. The number of rotatable bonds is 3. The molecule has 3 unspecified atom stereocenters. The zero-order valence-corrected chi connectivity index (χ0v) is 10.7. The highest BCUT2D eigenvalue weighted by Crippen LogP contribution is 2.32. The van der Waals surface area contributed by atoms with Crippen LogP contribution in [0.4, 0.5) is 0 Å². The van der Waals surface area contributed by atoms with Crippen molar-refractivity contribution in [3.63, 3.8) is 0 Å². The molecule has 3 nitrogen and oxygen atoms in total. The molecule has 0 aliphatic heterocycles. The Kier molecular flexibility index (Phi) is 4.00. The van der Waals surface area contributed by atoms with E-state index in [2.05, 4.69) is 18.8 Å². The van der Waals surface area contributed by atoms with Gasteiger partial charge in [0.25, 0.3) is 0 Å². The summed E-state index contributed by atoms with van der Waals surface area (Å²) < 4.78 is 6.05. The number of aromatic nitrogens is 1. The second-order valence-electron chi connectivity index (χ2n) is 5.20. The first-order valence-corrected chi connectivity index (χ1v) is 6.50. The van der Waals surface area contributed by atoms with Crippen molar-refractivity contribution in [2.45, 2.75) is 45.8 Å². The first-order valence-electron chi connectivity index (χ1n) is 6.50. The minimum atomic E-state index is 0.329. The second kappa shape index (κ2) is 5.50. The van der Waals surface area contributed by atoms with Crippen molar-refractivity contribution in [3.8, 4) is 5.75 Å². The average molecular weight is 234 g/mol. The summed E-state index contributed by atoms with van der Waals surface area (Å²) in [6.45, 7) is 5.15. The fourth-order valence-electron chi connectivity index (χ4n) is 2.47. The van der Waals surface area contributed by atoms with Gasteiger partial charge in [0.2, 0.25) is 0 Å². The molecule has 1 aromatic heterocycles. The summed E-state index contributed by atoms with van der Waals surface area (Å²) in [7, 11) is 0. The van der Waals surface area contributed by atoms with Crippen LogP contribution in [0.25, 0.3) is 0 Å². The highest BCUT2D eigenvalue weighted by atomic mass is 16.5. The SMILES string of the molecule is CC1CCC(Oc2cnccc2CN)CC1C. The van der Waals surface area contributed by atoms with Crippen LogP contribution in [0.2, 0.25) is 0 Å². The van der Waals surface area contributed by atoms with Gasteiger partial charge in [-0.25, -0.2) is 0 Å². The lowest BCUT2D eigenvalue weighted by Gasteiger charge is -2.32. The third kappa shape index (κ3) is 2.97. The van der Waals surface area contributed by atoms with Crippen LogP contribution in [0, 0.1) is 11.8 Å². The van der Waals surface area contributed by atoms with Crippen molar-refractivity contribution in [2.24, 2.45) is 17.6 Å². The Morgan fingerprint density at radius 1 is 1.35 bits per heavy atom. The van der Waals surface area contributed by atoms with Crippen molar-refractivity contribution in [3.05, 3.63) is 24.0 Å². The zero-order chi connectivity index (χ0) is 12.3. The summed E-state index contributed by atoms with van der Waals surface area (Å²) in [4.78, 5) is 4.11. The number of pyridine rings is 1. The highest BCUT2D eigenvalue weighted by Gasteiger charge is 2.26. The van der Waals surface area contributed by atoms with E-state index in [0.29, 0.717) is 12.6 Å². The second-order valence-corrected chi connectivity index (χ2v) is 5.20. The van der Waals surface area contributed by atoms with Crippen LogP contribution in [0.15, 0.2) is 18.5 Å². The van der Waals surface area contributed by atoms with Crippen LogP contribution in [-0.2, 0) is 6.54 Å². The normalized spacial score (nSPS) is 29.0. The lowest BCUT2D eigenvalue weighted by Crippen LogP contribution is -2.29. The van der Waals surface area contributed by atoms with Crippen molar-refractivity contribution in [2.75, 3.05) is 0 Å². The van der Waals surface area contributed by atoms with Gasteiger partial charge in [-0.05, 0) is 37.2 Å². The van der Waals surface area contributed by atoms with Crippen molar-refractivity contribution >= 4 is 0 Å². The molecule has 3 heteroatoms. The summed E-state index contributed by atoms with van der Waals surface area (Å²) in [6.07, 6.45) is 7.41. The number of hydrogen-bond donors (Lipinski definition) is 1. The molecular formula is C14H22N2O. The minimum absolute atomic E-state index is 0.329. The van der Waals surface area contributed by atoms with E-state index in [9.17, 15) is 0 Å². The third-order valence-electron chi connectivity index (χ3n) is 3.93. The predicted molar refractivity (Wildman–Crippen MR) is 68.7 cm³/mol. The molecule has 1 fully saturated rings. The summed E-state index contributed by atoms with van der Waals surface area (Å²) in [5.74, 6) is 2.42. The minimum Gasteiger partial charge on any atom is -0.488 e. The molecule has 2 rings (SSSR count). The monoisotopic (exact) mass is 234 g/mol. The van der Waals surface area contributed by atoms with Crippen molar-refractivity contribution in [1.82, 2.24) is 4.98 Å². The summed E-state index contributed by atoms with van der Waals surface area (Å²) >= 11 is 0. The van der Waals surface area contributed by atoms with Crippen LogP contribution in [0.3, 0.4) is 0 Å². The number of nitrogens with two attached hydrogens (primary N) is 1. The third-order valence-corrected chi connectivity index (χ3v) is 3.93. The molecule has 17 heavy (non-hydrogen) atoms. The molecule has 1 heterocycles. The van der Waals surface area contributed by atoms with Crippen molar-refractivity contribution < 1.29 is 4.74 Å². The van der Waals surface area contributed by atoms with E-state index in [1.165, 1.54) is 6.42 Å². The van der Waals surface area contributed by atoms with E-state index in [1.807, 2.05) is 6.07 Å². The van der Waals surface area contributed by atoms with Crippen LogP contribution in [0.5, 0.6) is 5.75 Å². The van der Waals surface area contributed by atoms with Gasteiger partial charge in [-0.2, -0.15) is 0 Å². The van der Waals surface area contributed by atoms with Crippen molar-refractivity contribution in [1.29, 1.82) is 0 Å². The predicted octanol–water partition coefficient (Wildman–Crippen LogP) is 2.74. The van der Waals surface area contributed by atoms with E-state index >= 15 is 0 Å². The molecule has 0 bridgehead atoms. The largest absolute Gasteiger partial charge is 0.488 e. The van der Waals surface area contributed by atoms with Gasteiger partial charge in [0.1, 0.15) is 5.75 Å². The molecular weight excluding hydrogens is 212 g/mol. The number of ether oxygens (including phenoxy) is 1. The molecule has 1 saturated carbocycles. The van der Waals surface area contributed by atoms with E-state index < -0.39 is 0 Å². The number of hydrogen-bond acceptors (Lipinski definition) is 3. The van der Waals surface area contributed by atoms with Gasteiger partial charge in [-0.1, -0.05) is 13.8 Å². The van der Waals surface area contributed by atoms with Gasteiger partial charge < -0.3 is 10.5 Å².